The molecule has 108 valence electrons. The van der Waals surface area contributed by atoms with Crippen LogP contribution in [-0.4, -0.2) is 41.3 Å². The van der Waals surface area contributed by atoms with E-state index in [1.807, 2.05) is 25.1 Å². The Kier molecular flexibility index (Phi) is 3.76. The van der Waals surface area contributed by atoms with Gasteiger partial charge in [-0.25, -0.2) is 0 Å². The molecule has 3 rings (SSSR count). The molecule has 0 saturated carbocycles. The Bertz CT molecular complexity index is 502. The summed E-state index contributed by atoms with van der Waals surface area (Å²) in [6.45, 7) is 2.63. The lowest BCUT2D eigenvalue weighted by Gasteiger charge is -2.37. The number of benzene rings is 1. The molecule has 1 saturated heterocycles. The Morgan fingerprint density at radius 3 is 2.90 bits per heavy atom. The summed E-state index contributed by atoms with van der Waals surface area (Å²) in [5.41, 5.74) is 2.30. The molecule has 0 aromatic heterocycles. The van der Waals surface area contributed by atoms with E-state index in [0.717, 1.165) is 24.8 Å². The number of hydrogen-bond acceptors (Lipinski definition) is 3. The summed E-state index contributed by atoms with van der Waals surface area (Å²) in [5.74, 6) is 0.0305. The molecular formula is C16H21NO3. The van der Waals surface area contributed by atoms with Crippen LogP contribution in [0.2, 0.25) is 0 Å². The first-order chi connectivity index (χ1) is 9.70. The van der Waals surface area contributed by atoms with Crippen LogP contribution in [0.1, 0.15) is 36.9 Å². The van der Waals surface area contributed by atoms with Gasteiger partial charge in [0.2, 0.25) is 0 Å². The number of carbonyl (C=O) groups is 1. The van der Waals surface area contributed by atoms with Crippen molar-refractivity contribution >= 4 is 5.91 Å². The number of ether oxygens (including phenoxy) is 1. The van der Waals surface area contributed by atoms with Crippen LogP contribution >= 0.6 is 0 Å². The first-order valence-corrected chi connectivity index (χ1v) is 7.35. The highest BCUT2D eigenvalue weighted by Crippen LogP contribution is 2.31. The number of nitrogens with zero attached hydrogens (tertiary/aromatic N) is 1. The third-order valence-electron chi connectivity index (χ3n) is 4.38. The van der Waals surface area contributed by atoms with E-state index in [-0.39, 0.29) is 30.8 Å². The van der Waals surface area contributed by atoms with Gasteiger partial charge in [-0.3, -0.25) is 4.79 Å². The fourth-order valence-corrected chi connectivity index (χ4v) is 3.28. The van der Waals surface area contributed by atoms with E-state index < -0.39 is 0 Å². The zero-order valence-electron chi connectivity index (χ0n) is 11.8. The average molecular weight is 275 g/mol. The van der Waals surface area contributed by atoms with Gasteiger partial charge in [-0.1, -0.05) is 24.3 Å². The Morgan fingerprint density at radius 1 is 1.40 bits per heavy atom. The van der Waals surface area contributed by atoms with Gasteiger partial charge in [0, 0.05) is 6.54 Å². The van der Waals surface area contributed by atoms with Crippen LogP contribution in [0, 0.1) is 0 Å². The molecule has 0 bridgehead atoms. The second kappa shape index (κ2) is 5.54. The van der Waals surface area contributed by atoms with Crippen molar-refractivity contribution in [3.63, 3.8) is 0 Å². The molecule has 0 spiro atoms. The molecule has 3 atom stereocenters. The molecule has 2 aliphatic heterocycles. The van der Waals surface area contributed by atoms with Crippen LogP contribution in [0.4, 0.5) is 0 Å². The summed E-state index contributed by atoms with van der Waals surface area (Å²) in [6.07, 6.45) is 2.40. The molecule has 1 N–H and O–H groups in total. The second-order valence-corrected chi connectivity index (χ2v) is 5.69. The molecule has 1 aromatic carbocycles. The van der Waals surface area contributed by atoms with Crippen LogP contribution in [0.25, 0.3) is 0 Å². The number of fused-ring (bicyclic) bond motifs is 1. The van der Waals surface area contributed by atoms with Gasteiger partial charge in [0.25, 0.3) is 5.91 Å². The van der Waals surface area contributed by atoms with E-state index in [2.05, 4.69) is 6.07 Å². The molecular weight excluding hydrogens is 254 g/mol. The number of aliphatic hydroxyl groups excluding tert-OH is 1. The molecule has 4 nitrogen and oxygen atoms in total. The largest absolute Gasteiger partial charge is 0.394 e. The van der Waals surface area contributed by atoms with Crippen molar-refractivity contribution in [2.24, 2.45) is 0 Å². The van der Waals surface area contributed by atoms with E-state index >= 15 is 0 Å². The van der Waals surface area contributed by atoms with Crippen LogP contribution < -0.4 is 0 Å². The van der Waals surface area contributed by atoms with E-state index in [1.165, 1.54) is 5.56 Å². The maximum Gasteiger partial charge on any atom is 0.252 e. The van der Waals surface area contributed by atoms with E-state index in [1.54, 1.807) is 4.90 Å². The van der Waals surface area contributed by atoms with Crippen molar-refractivity contribution in [2.75, 3.05) is 13.2 Å². The average Bonchev–Trinajstić information content (AvgIpc) is 2.91. The summed E-state index contributed by atoms with van der Waals surface area (Å²) in [5, 5.41) is 9.72. The van der Waals surface area contributed by atoms with Crippen LogP contribution in [0.5, 0.6) is 0 Å². The molecule has 2 aliphatic rings. The molecule has 0 aliphatic carbocycles. The van der Waals surface area contributed by atoms with Gasteiger partial charge in [-0.05, 0) is 37.3 Å². The Balaban J connectivity index is 1.82. The van der Waals surface area contributed by atoms with Gasteiger partial charge in [0.1, 0.15) is 6.10 Å². The predicted molar refractivity (Wildman–Crippen MR) is 75.3 cm³/mol. The number of amides is 1. The van der Waals surface area contributed by atoms with Gasteiger partial charge in [0.15, 0.2) is 0 Å². The van der Waals surface area contributed by atoms with Gasteiger partial charge in [-0.2, -0.15) is 0 Å². The first kappa shape index (κ1) is 13.6. The Hall–Kier alpha value is -1.39. The quantitative estimate of drug-likeness (QED) is 0.893. The lowest BCUT2D eigenvalue weighted by molar-refractivity contribution is -0.146. The maximum absolute atomic E-state index is 12.6. The summed E-state index contributed by atoms with van der Waals surface area (Å²) in [6, 6.07) is 7.82. The van der Waals surface area contributed by atoms with Gasteiger partial charge in [-0.15, -0.1) is 0 Å². The lowest BCUT2D eigenvalue weighted by atomic mass is 9.92. The fraction of sp³-hybridized carbons (Fsp3) is 0.562. The Morgan fingerprint density at radius 2 is 2.20 bits per heavy atom. The maximum atomic E-state index is 12.6. The first-order valence-electron chi connectivity index (χ1n) is 7.35. The van der Waals surface area contributed by atoms with Crippen molar-refractivity contribution in [3.05, 3.63) is 35.4 Å². The molecule has 1 aromatic rings. The number of aliphatic hydroxyl groups is 1. The third-order valence-corrected chi connectivity index (χ3v) is 4.38. The highest BCUT2D eigenvalue weighted by Gasteiger charge is 2.37. The lowest BCUT2D eigenvalue weighted by Crippen LogP contribution is -2.46. The predicted octanol–water partition coefficient (Wildman–Crippen LogP) is 1.67. The molecule has 1 amide bonds. The zero-order chi connectivity index (χ0) is 14.1. The molecule has 1 fully saturated rings. The minimum atomic E-state index is -0.329. The van der Waals surface area contributed by atoms with Crippen LogP contribution in [-0.2, 0) is 16.0 Å². The molecule has 4 heteroatoms. The number of rotatable bonds is 2. The highest BCUT2D eigenvalue weighted by molar-refractivity contribution is 5.82. The molecule has 20 heavy (non-hydrogen) atoms. The normalized spacial score (nSPS) is 29.3. The summed E-state index contributed by atoms with van der Waals surface area (Å²) < 4.78 is 5.68. The Labute approximate surface area is 119 Å². The summed E-state index contributed by atoms with van der Waals surface area (Å²) >= 11 is 0. The minimum absolute atomic E-state index is 0.0305. The standard InChI is InChI=1S/C16H21NO3/c1-11-6-7-15(20-11)16(19)17-9-8-12-4-2-3-5-13(12)14(17)10-18/h2-5,11,14-15,18H,6-10H2,1H3/t11-,14-,15-/m1/s1. The summed E-state index contributed by atoms with van der Waals surface area (Å²) in [7, 11) is 0. The highest BCUT2D eigenvalue weighted by atomic mass is 16.5. The van der Waals surface area contributed by atoms with Gasteiger partial charge in [0.05, 0.1) is 18.8 Å². The van der Waals surface area contributed by atoms with Crippen LogP contribution in [0.15, 0.2) is 24.3 Å². The third kappa shape index (κ3) is 2.34. The smallest absolute Gasteiger partial charge is 0.252 e. The minimum Gasteiger partial charge on any atom is -0.394 e. The van der Waals surface area contributed by atoms with Gasteiger partial charge < -0.3 is 14.7 Å². The van der Waals surface area contributed by atoms with Crippen molar-refractivity contribution in [2.45, 2.75) is 44.4 Å². The van der Waals surface area contributed by atoms with Crippen LogP contribution in [0.3, 0.4) is 0 Å². The van der Waals surface area contributed by atoms with E-state index in [4.69, 9.17) is 4.74 Å². The van der Waals surface area contributed by atoms with Crippen molar-refractivity contribution in [3.8, 4) is 0 Å². The SMILES string of the molecule is C[C@@H]1CC[C@H](C(=O)N2CCc3ccccc3[C@H]2CO)O1. The monoisotopic (exact) mass is 275 g/mol. The molecule has 2 heterocycles. The van der Waals surface area contributed by atoms with Crippen molar-refractivity contribution in [1.29, 1.82) is 0 Å². The van der Waals surface area contributed by atoms with Gasteiger partial charge >= 0.3 is 0 Å². The second-order valence-electron chi connectivity index (χ2n) is 5.69. The molecule has 0 unspecified atom stereocenters. The van der Waals surface area contributed by atoms with Crippen molar-refractivity contribution in [1.82, 2.24) is 4.90 Å². The topological polar surface area (TPSA) is 49.8 Å². The number of carbonyl (C=O) groups excluding carboxylic acids is 1. The molecule has 0 radical (unpaired) electrons. The summed E-state index contributed by atoms with van der Waals surface area (Å²) in [4.78, 5) is 14.4. The van der Waals surface area contributed by atoms with E-state index in [0.29, 0.717) is 6.54 Å². The fourth-order valence-electron chi connectivity index (χ4n) is 3.28. The zero-order valence-corrected chi connectivity index (χ0v) is 11.8. The van der Waals surface area contributed by atoms with Crippen molar-refractivity contribution < 1.29 is 14.6 Å². The number of hydrogen-bond donors (Lipinski definition) is 1. The van der Waals surface area contributed by atoms with E-state index in [9.17, 15) is 9.90 Å².